The Bertz CT molecular complexity index is 698. The summed E-state index contributed by atoms with van der Waals surface area (Å²) in [7, 11) is 0. The van der Waals surface area contributed by atoms with Gasteiger partial charge in [0.2, 0.25) is 11.6 Å². The molecule has 17 heavy (non-hydrogen) atoms. The maximum absolute atomic E-state index is 11.8. The van der Waals surface area contributed by atoms with Crippen molar-refractivity contribution in [2.75, 3.05) is 0 Å². The molecule has 0 saturated carbocycles. The van der Waals surface area contributed by atoms with E-state index >= 15 is 0 Å². The first kappa shape index (κ1) is 10.2. The number of hydrogen-bond acceptors (Lipinski definition) is 2. The number of rotatable bonds is 0. The second kappa shape index (κ2) is 3.54. The van der Waals surface area contributed by atoms with Crippen LogP contribution in [0.2, 0.25) is 0 Å². The summed E-state index contributed by atoms with van der Waals surface area (Å²) in [4.78, 5) is 23.3. The molecule has 0 atom stereocenters. The van der Waals surface area contributed by atoms with Crippen molar-refractivity contribution >= 4 is 40.0 Å². The normalized spacial score (nSPS) is 14.8. The van der Waals surface area contributed by atoms with Crippen molar-refractivity contribution < 1.29 is 9.59 Å². The lowest BCUT2D eigenvalue weighted by molar-refractivity contribution is -0.111. The van der Waals surface area contributed by atoms with Gasteiger partial charge in [-0.15, -0.1) is 0 Å². The Kier molecular flexibility index (Phi) is 2.13. The molecule has 3 rings (SSSR count). The van der Waals surface area contributed by atoms with Crippen LogP contribution in [-0.4, -0.2) is 11.6 Å². The molecule has 82 valence electrons. The standard InChI is InChI=1S/C14H7ClO2/c15-12-7-11-9-4-2-1-3-8(9)5-6-10(11)13(16)14(12)17/h1-7H. The van der Waals surface area contributed by atoms with Crippen molar-refractivity contribution in [1.29, 1.82) is 0 Å². The molecule has 3 heteroatoms. The zero-order valence-corrected chi connectivity index (χ0v) is 9.49. The summed E-state index contributed by atoms with van der Waals surface area (Å²) in [5.74, 6) is -1.16. The Morgan fingerprint density at radius 3 is 2.47 bits per heavy atom. The maximum Gasteiger partial charge on any atom is 0.244 e. The van der Waals surface area contributed by atoms with E-state index in [4.69, 9.17) is 11.6 Å². The van der Waals surface area contributed by atoms with Crippen molar-refractivity contribution in [3.63, 3.8) is 0 Å². The maximum atomic E-state index is 11.8. The van der Waals surface area contributed by atoms with Gasteiger partial charge in [-0.2, -0.15) is 0 Å². The average molecular weight is 243 g/mol. The van der Waals surface area contributed by atoms with Crippen molar-refractivity contribution in [3.05, 3.63) is 52.6 Å². The van der Waals surface area contributed by atoms with Crippen LogP contribution in [-0.2, 0) is 4.79 Å². The van der Waals surface area contributed by atoms with Crippen LogP contribution in [0.4, 0.5) is 0 Å². The molecule has 0 amide bonds. The molecule has 2 aromatic rings. The zero-order chi connectivity index (χ0) is 12.0. The van der Waals surface area contributed by atoms with Gasteiger partial charge < -0.3 is 0 Å². The molecule has 0 bridgehead atoms. The van der Waals surface area contributed by atoms with Gasteiger partial charge >= 0.3 is 0 Å². The van der Waals surface area contributed by atoms with E-state index in [1.165, 1.54) is 0 Å². The minimum Gasteiger partial charge on any atom is -0.285 e. The number of ketones is 2. The van der Waals surface area contributed by atoms with Crippen molar-refractivity contribution in [2.24, 2.45) is 0 Å². The molecule has 0 unspecified atom stereocenters. The smallest absolute Gasteiger partial charge is 0.244 e. The number of benzene rings is 2. The van der Waals surface area contributed by atoms with Gasteiger partial charge in [0.25, 0.3) is 0 Å². The second-order valence-electron chi connectivity index (χ2n) is 3.90. The predicted octanol–water partition coefficient (Wildman–Crippen LogP) is 3.18. The molecule has 0 aromatic heterocycles. The molecule has 0 saturated heterocycles. The third-order valence-electron chi connectivity index (χ3n) is 2.91. The van der Waals surface area contributed by atoms with Gasteiger partial charge in [-0.3, -0.25) is 9.59 Å². The summed E-state index contributed by atoms with van der Waals surface area (Å²) < 4.78 is 0. The molecule has 0 fully saturated rings. The van der Waals surface area contributed by atoms with Crippen LogP contribution in [0.3, 0.4) is 0 Å². The monoisotopic (exact) mass is 242 g/mol. The molecule has 0 radical (unpaired) electrons. The van der Waals surface area contributed by atoms with Crippen LogP contribution in [0.1, 0.15) is 15.9 Å². The highest BCUT2D eigenvalue weighted by molar-refractivity contribution is 6.63. The van der Waals surface area contributed by atoms with Crippen LogP contribution in [0.5, 0.6) is 0 Å². The molecule has 1 aliphatic rings. The lowest BCUT2D eigenvalue weighted by atomic mass is 9.91. The van der Waals surface area contributed by atoms with Crippen LogP contribution in [0.25, 0.3) is 16.8 Å². The molecule has 0 heterocycles. The summed E-state index contributed by atoms with van der Waals surface area (Å²) in [5.41, 5.74) is 1.16. The van der Waals surface area contributed by atoms with E-state index < -0.39 is 11.6 Å². The highest BCUT2D eigenvalue weighted by Crippen LogP contribution is 2.30. The van der Waals surface area contributed by atoms with Crippen LogP contribution < -0.4 is 0 Å². The number of carbonyl (C=O) groups excluding carboxylic acids is 2. The van der Waals surface area contributed by atoms with Crippen molar-refractivity contribution in [3.8, 4) is 0 Å². The van der Waals surface area contributed by atoms with Crippen LogP contribution >= 0.6 is 11.6 Å². The minimum absolute atomic E-state index is 0.0150. The Balaban J connectivity index is 2.44. The number of allylic oxidation sites excluding steroid dienone is 1. The van der Waals surface area contributed by atoms with E-state index in [2.05, 4.69) is 0 Å². The second-order valence-corrected chi connectivity index (χ2v) is 4.31. The Morgan fingerprint density at radius 1 is 0.882 bits per heavy atom. The van der Waals surface area contributed by atoms with Gasteiger partial charge in [0.05, 0.1) is 5.03 Å². The Labute approximate surface area is 103 Å². The molecule has 0 N–H and O–H groups in total. The number of halogens is 1. The minimum atomic E-state index is -0.630. The van der Waals surface area contributed by atoms with Gasteiger partial charge in [-0.1, -0.05) is 41.9 Å². The Morgan fingerprint density at radius 2 is 1.65 bits per heavy atom. The molecule has 1 aliphatic carbocycles. The van der Waals surface area contributed by atoms with E-state index in [1.807, 2.05) is 30.3 Å². The lowest BCUT2D eigenvalue weighted by Crippen LogP contribution is -2.19. The van der Waals surface area contributed by atoms with E-state index in [9.17, 15) is 9.59 Å². The fraction of sp³-hybridized carbons (Fsp3) is 0. The van der Waals surface area contributed by atoms with Crippen LogP contribution in [0, 0.1) is 0 Å². The number of fused-ring (bicyclic) bond motifs is 3. The van der Waals surface area contributed by atoms with E-state index in [0.29, 0.717) is 5.56 Å². The first-order valence-electron chi connectivity index (χ1n) is 5.16. The highest BCUT2D eigenvalue weighted by atomic mass is 35.5. The summed E-state index contributed by atoms with van der Waals surface area (Å²) in [6.45, 7) is 0. The number of carbonyl (C=O) groups is 2. The fourth-order valence-corrected chi connectivity index (χ4v) is 2.27. The molecular formula is C14H7ClO2. The van der Waals surface area contributed by atoms with Crippen molar-refractivity contribution in [2.45, 2.75) is 0 Å². The van der Waals surface area contributed by atoms with Gasteiger partial charge in [-0.25, -0.2) is 0 Å². The first-order valence-corrected chi connectivity index (χ1v) is 5.54. The molecule has 2 aromatic carbocycles. The predicted molar refractivity (Wildman–Crippen MR) is 67.1 cm³/mol. The van der Waals surface area contributed by atoms with Gasteiger partial charge in [0.1, 0.15) is 0 Å². The SMILES string of the molecule is O=C1C(=O)c2ccc3ccccc3c2C=C1Cl. The summed E-state index contributed by atoms with van der Waals surface area (Å²) >= 11 is 5.78. The topological polar surface area (TPSA) is 34.1 Å². The van der Waals surface area contributed by atoms with E-state index in [1.54, 1.807) is 12.1 Å². The largest absolute Gasteiger partial charge is 0.285 e. The first-order chi connectivity index (χ1) is 8.18. The Hall–Kier alpha value is -1.93. The highest BCUT2D eigenvalue weighted by Gasteiger charge is 2.27. The average Bonchev–Trinajstić information content (AvgIpc) is 2.36. The molecular weight excluding hydrogens is 236 g/mol. The molecule has 0 aliphatic heterocycles. The number of Topliss-reactive ketones (excluding diaryl/α,β-unsaturated/α-hetero) is 2. The molecule has 2 nitrogen and oxygen atoms in total. The zero-order valence-electron chi connectivity index (χ0n) is 8.74. The number of hydrogen-bond donors (Lipinski definition) is 0. The summed E-state index contributed by atoms with van der Waals surface area (Å²) in [6.07, 6.45) is 1.57. The van der Waals surface area contributed by atoms with E-state index in [0.717, 1.165) is 16.3 Å². The van der Waals surface area contributed by atoms with Crippen LogP contribution in [0.15, 0.2) is 41.4 Å². The lowest BCUT2D eigenvalue weighted by Gasteiger charge is -2.13. The quantitative estimate of drug-likeness (QED) is 0.665. The summed E-state index contributed by atoms with van der Waals surface area (Å²) in [5, 5.41) is 1.94. The molecule has 0 spiro atoms. The fourth-order valence-electron chi connectivity index (χ4n) is 2.07. The van der Waals surface area contributed by atoms with Crippen molar-refractivity contribution in [1.82, 2.24) is 0 Å². The third kappa shape index (κ3) is 1.41. The van der Waals surface area contributed by atoms with E-state index in [-0.39, 0.29) is 5.03 Å². The van der Waals surface area contributed by atoms with Gasteiger partial charge in [-0.05, 0) is 28.5 Å². The summed E-state index contributed by atoms with van der Waals surface area (Å²) in [6, 6.07) is 11.2. The third-order valence-corrected chi connectivity index (χ3v) is 3.19. The van der Waals surface area contributed by atoms with Gasteiger partial charge in [0, 0.05) is 5.56 Å². The van der Waals surface area contributed by atoms with Gasteiger partial charge in [0.15, 0.2) is 0 Å².